The lowest BCUT2D eigenvalue weighted by atomic mass is 9.96. The third kappa shape index (κ3) is 13.5. The van der Waals surface area contributed by atoms with E-state index in [2.05, 4.69) is 0 Å². The highest BCUT2D eigenvalue weighted by Gasteiger charge is 2.56. The Morgan fingerprint density at radius 2 is 0.449 bits per heavy atom. The van der Waals surface area contributed by atoms with Crippen LogP contribution in [0.5, 0.6) is 0 Å². The van der Waals surface area contributed by atoms with Crippen LogP contribution in [0, 0.1) is 0 Å². The third-order valence-electron chi connectivity index (χ3n) is 14.5. The molecule has 7 rings (SSSR count). The summed E-state index contributed by atoms with van der Waals surface area (Å²) in [5.41, 5.74) is 0. The Bertz CT molecular complexity index is 1810. The highest BCUT2D eigenvalue weighted by Crippen LogP contribution is 2.35. The maximum absolute atomic E-state index is 11.5. The minimum Gasteiger partial charge on any atom is -0.394 e. The van der Waals surface area contributed by atoms with E-state index in [1.807, 2.05) is 0 Å². The first-order valence-corrected chi connectivity index (χ1v) is 24.6. The molecule has 36 nitrogen and oxygen atoms in total. The van der Waals surface area contributed by atoms with Gasteiger partial charge in [-0.2, -0.15) is 0 Å². The predicted molar refractivity (Wildman–Crippen MR) is 232 cm³/mol. The standard InChI is InChI=1S/C42H72O36/c43-1-8-15(46)23(54)28(59)37(71-8)66-6-13-20(51)35(78-42-31(62)25(56)17(48)10(3-45)73-42)33(64)40(76-13)69-5-12-19(50)26(57)29(60)38(74-12)67-7-14-21(52)34(77-41-30(61)24(55)16(47)9(2-44)72-41)32(63)39(75-14)68-4-11-18(49)22(53)27(58)36(65)70-11/h8-65H,1-7H2/t8-,9-,10-,11-,12-,13-,14-,15-,16-,17-,18-,19-,20-,21-,22+,23+,24+,25+,26+,27-,28-,29-,30-,31-,32-,33-,34+,35+,36-,37-,38-,39-,40-,41+,42+/m1/s1. The number of hydrogen-bond acceptors (Lipinski definition) is 36. The average molecular weight is 1150 g/mol. The molecule has 0 bridgehead atoms. The molecule has 7 heterocycles. The first-order valence-electron chi connectivity index (χ1n) is 24.6. The van der Waals surface area contributed by atoms with E-state index in [9.17, 15) is 117 Å². The van der Waals surface area contributed by atoms with Gasteiger partial charge in [0.05, 0.1) is 46.2 Å². The predicted octanol–water partition coefficient (Wildman–Crippen LogP) is -16.3. The number of rotatable bonds is 19. The van der Waals surface area contributed by atoms with Gasteiger partial charge in [0.1, 0.15) is 171 Å². The molecule has 0 unspecified atom stereocenters. The van der Waals surface area contributed by atoms with Crippen molar-refractivity contribution in [1.82, 2.24) is 0 Å². The molecular weight excluding hydrogens is 1080 g/mol. The summed E-state index contributed by atoms with van der Waals surface area (Å²) in [5.74, 6) is 0. The molecule has 36 heteroatoms. The van der Waals surface area contributed by atoms with E-state index in [-0.39, 0.29) is 0 Å². The van der Waals surface area contributed by atoms with Gasteiger partial charge in [0.2, 0.25) is 0 Å². The normalized spacial score (nSPS) is 53.5. The van der Waals surface area contributed by atoms with E-state index in [1.54, 1.807) is 0 Å². The van der Waals surface area contributed by atoms with Gasteiger partial charge in [-0.25, -0.2) is 0 Å². The van der Waals surface area contributed by atoms with E-state index < -0.39 is 261 Å². The molecule has 0 spiro atoms. The van der Waals surface area contributed by atoms with Gasteiger partial charge in [0.15, 0.2) is 44.0 Å². The van der Waals surface area contributed by atoms with E-state index in [0.29, 0.717) is 0 Å². The second kappa shape index (κ2) is 27.5. The van der Waals surface area contributed by atoms with Crippen LogP contribution in [0.1, 0.15) is 0 Å². The summed E-state index contributed by atoms with van der Waals surface area (Å²) >= 11 is 0. The van der Waals surface area contributed by atoms with Gasteiger partial charge in [-0.15, -0.1) is 0 Å². The van der Waals surface area contributed by atoms with Crippen molar-refractivity contribution in [2.75, 3.05) is 46.2 Å². The molecule has 78 heavy (non-hydrogen) atoms. The summed E-state index contributed by atoms with van der Waals surface area (Å²) in [5, 5.41) is 242. The summed E-state index contributed by atoms with van der Waals surface area (Å²) < 4.78 is 72.2. The van der Waals surface area contributed by atoms with Gasteiger partial charge in [-0.05, 0) is 0 Å². The molecule has 35 atom stereocenters. The Hall–Kier alpha value is -1.44. The number of aliphatic hydroxyl groups excluding tert-OH is 23. The van der Waals surface area contributed by atoms with Crippen molar-refractivity contribution < 1.29 is 179 Å². The molecule has 7 fully saturated rings. The van der Waals surface area contributed by atoms with E-state index in [1.165, 1.54) is 0 Å². The highest BCUT2D eigenvalue weighted by atomic mass is 16.8. The quantitative estimate of drug-likeness (QED) is 0.0571. The first-order chi connectivity index (χ1) is 36.8. The smallest absolute Gasteiger partial charge is 0.187 e. The van der Waals surface area contributed by atoms with Crippen molar-refractivity contribution in [3.63, 3.8) is 0 Å². The SMILES string of the molecule is OC[C@H]1O[C@@H](OC[C@H]2O[C@@H](OC[C@H]3O[C@@H](OC[C@H]4O[C@@H](OC[C@H]5O[C@@H](O)[C@H](O)[C@@H](O)[C@@H]5O)[C@H](O)[C@@H](O[C@@H]5O[C@H](CO)[C@@H](O)[C@H](O)[C@H]5O)[C@@H]4O)[C@H](O)[C@@H](O)[C@@H]3O)[C@H](O)[C@@H](O[C@@H]3O[C@H](CO)[C@@H](O)[C@H](O)[C@H]3O)[C@@H]2O)[C@H](O)[C@@H](O)[C@@H]1O. The third-order valence-corrected chi connectivity index (χ3v) is 14.5. The van der Waals surface area contributed by atoms with Crippen molar-refractivity contribution >= 4 is 0 Å². The number of ether oxygens (including phenoxy) is 13. The molecular formula is C42H72O36. The molecule has 456 valence electrons. The fourth-order valence-electron chi connectivity index (χ4n) is 9.57. The molecule has 7 aliphatic heterocycles. The van der Waals surface area contributed by atoms with E-state index in [4.69, 9.17) is 61.6 Å². The van der Waals surface area contributed by atoms with E-state index in [0.717, 1.165) is 0 Å². The van der Waals surface area contributed by atoms with Crippen LogP contribution in [0.15, 0.2) is 0 Å². The summed E-state index contributed by atoms with van der Waals surface area (Å²) in [4.78, 5) is 0. The molecule has 0 aliphatic carbocycles. The van der Waals surface area contributed by atoms with Crippen LogP contribution in [-0.4, -0.2) is 379 Å². The second-order valence-corrected chi connectivity index (χ2v) is 19.7. The topological polar surface area (TPSA) is 585 Å². The van der Waals surface area contributed by atoms with Crippen LogP contribution in [-0.2, 0) is 61.6 Å². The highest BCUT2D eigenvalue weighted by molar-refractivity contribution is 4.99. The largest absolute Gasteiger partial charge is 0.394 e. The monoisotopic (exact) mass is 1150 g/mol. The molecule has 7 saturated heterocycles. The fraction of sp³-hybridized carbons (Fsp3) is 1.00. The van der Waals surface area contributed by atoms with Gasteiger partial charge in [0, 0.05) is 0 Å². The maximum Gasteiger partial charge on any atom is 0.187 e. The van der Waals surface area contributed by atoms with Crippen LogP contribution in [0.3, 0.4) is 0 Å². The maximum atomic E-state index is 11.5. The van der Waals surface area contributed by atoms with Crippen LogP contribution in [0.2, 0.25) is 0 Å². The van der Waals surface area contributed by atoms with Gasteiger partial charge in [0.25, 0.3) is 0 Å². The first kappa shape index (κ1) is 64.1. The Morgan fingerprint density at radius 3 is 0.769 bits per heavy atom. The lowest BCUT2D eigenvalue weighted by Crippen LogP contribution is -2.66. The van der Waals surface area contributed by atoms with Crippen LogP contribution < -0.4 is 0 Å². The van der Waals surface area contributed by atoms with Crippen LogP contribution in [0.25, 0.3) is 0 Å². The van der Waals surface area contributed by atoms with Crippen molar-refractivity contribution in [2.24, 2.45) is 0 Å². The summed E-state index contributed by atoms with van der Waals surface area (Å²) in [6.45, 7) is -6.25. The Morgan fingerprint density at radius 1 is 0.218 bits per heavy atom. The van der Waals surface area contributed by atoms with Crippen LogP contribution >= 0.6 is 0 Å². The zero-order chi connectivity index (χ0) is 57.3. The number of hydrogen-bond donors (Lipinski definition) is 23. The van der Waals surface area contributed by atoms with E-state index >= 15 is 0 Å². The molecule has 0 radical (unpaired) electrons. The van der Waals surface area contributed by atoms with Crippen molar-refractivity contribution in [3.8, 4) is 0 Å². The lowest BCUT2D eigenvalue weighted by molar-refractivity contribution is -0.375. The van der Waals surface area contributed by atoms with Crippen LogP contribution in [0.4, 0.5) is 0 Å². The average Bonchev–Trinajstić information content (AvgIpc) is 3.49. The van der Waals surface area contributed by atoms with Gasteiger partial charge in [-0.3, -0.25) is 0 Å². The summed E-state index contributed by atoms with van der Waals surface area (Å²) in [6, 6.07) is 0. The Balaban J connectivity index is 1.06. The minimum absolute atomic E-state index is 0.832. The molecule has 23 N–H and O–H groups in total. The summed E-state index contributed by atoms with van der Waals surface area (Å²) in [7, 11) is 0. The lowest BCUT2D eigenvalue weighted by Gasteiger charge is -2.47. The Kier molecular flexibility index (Phi) is 22.6. The zero-order valence-electron chi connectivity index (χ0n) is 40.8. The van der Waals surface area contributed by atoms with Crippen molar-refractivity contribution in [1.29, 1.82) is 0 Å². The second-order valence-electron chi connectivity index (χ2n) is 19.7. The van der Waals surface area contributed by atoms with Gasteiger partial charge < -0.3 is 179 Å². The van der Waals surface area contributed by atoms with Gasteiger partial charge >= 0.3 is 0 Å². The molecule has 0 aromatic heterocycles. The van der Waals surface area contributed by atoms with Crippen molar-refractivity contribution in [3.05, 3.63) is 0 Å². The molecule has 0 aromatic rings. The molecule has 0 aromatic carbocycles. The Labute approximate surface area is 439 Å². The molecule has 7 aliphatic rings. The molecule has 0 amide bonds. The zero-order valence-corrected chi connectivity index (χ0v) is 40.8. The fourth-order valence-corrected chi connectivity index (χ4v) is 9.57. The number of aliphatic hydroxyl groups is 23. The summed E-state index contributed by atoms with van der Waals surface area (Å²) in [6.07, 6.45) is -67.5. The molecule has 0 saturated carbocycles. The van der Waals surface area contributed by atoms with Gasteiger partial charge in [-0.1, -0.05) is 0 Å². The van der Waals surface area contributed by atoms with Crippen molar-refractivity contribution in [2.45, 2.75) is 215 Å². The minimum atomic E-state index is -2.16.